The first kappa shape index (κ1) is 28.5. The number of phenolic OH excluding ortho intramolecular Hbond substituents is 2. The number of carbonyl (C=O) groups is 2. The van der Waals surface area contributed by atoms with Crippen molar-refractivity contribution in [3.8, 4) is 11.5 Å². The molecule has 2 aromatic carbocycles. The number of aliphatic hydroxyl groups is 6. The van der Waals surface area contributed by atoms with E-state index in [1.54, 1.807) is 12.1 Å². The van der Waals surface area contributed by atoms with Gasteiger partial charge in [0, 0.05) is 22.3 Å². The summed E-state index contributed by atoms with van der Waals surface area (Å²) in [7, 11) is 0. The van der Waals surface area contributed by atoms with Crippen LogP contribution >= 0.6 is 0 Å². The van der Waals surface area contributed by atoms with Gasteiger partial charge in [0.2, 0.25) is 0 Å². The molecular formula is C26H28O14. The van der Waals surface area contributed by atoms with Gasteiger partial charge in [-0.2, -0.15) is 0 Å². The van der Waals surface area contributed by atoms with Crippen LogP contribution in [0.2, 0.25) is 0 Å². The van der Waals surface area contributed by atoms with Crippen LogP contribution in [-0.4, -0.2) is 121 Å². The second-order valence-electron chi connectivity index (χ2n) is 9.77. The Balaban J connectivity index is 1.30. The van der Waals surface area contributed by atoms with Crippen LogP contribution in [0.15, 0.2) is 30.3 Å². The molecule has 0 amide bonds. The number of ether oxygens (including phenoxy) is 4. The third kappa shape index (κ3) is 4.88. The van der Waals surface area contributed by atoms with Gasteiger partial charge in [0.25, 0.3) is 0 Å². The third-order valence-electron chi connectivity index (χ3n) is 7.19. The summed E-state index contributed by atoms with van der Waals surface area (Å²) in [5, 5.41) is 81.5. The maximum atomic E-state index is 13.0. The molecule has 0 bridgehead atoms. The van der Waals surface area contributed by atoms with E-state index in [2.05, 4.69) is 0 Å². The number of fused-ring (bicyclic) bond motifs is 2. The van der Waals surface area contributed by atoms with Crippen LogP contribution in [-0.2, 0) is 25.6 Å². The number of aromatic hydroxyl groups is 2. The highest BCUT2D eigenvalue weighted by Crippen LogP contribution is 2.41. The molecule has 14 heteroatoms. The first-order valence-corrected chi connectivity index (χ1v) is 12.4. The molecule has 40 heavy (non-hydrogen) atoms. The molecule has 2 saturated heterocycles. The van der Waals surface area contributed by atoms with Crippen LogP contribution < -0.4 is 0 Å². The fourth-order valence-corrected chi connectivity index (χ4v) is 4.87. The van der Waals surface area contributed by atoms with Gasteiger partial charge < -0.3 is 59.8 Å². The first-order chi connectivity index (χ1) is 19.0. The molecular weight excluding hydrogens is 536 g/mol. The van der Waals surface area contributed by atoms with E-state index in [9.17, 15) is 50.4 Å². The Morgan fingerprint density at radius 2 is 1.40 bits per heavy atom. The maximum absolute atomic E-state index is 13.0. The molecule has 0 unspecified atom stereocenters. The van der Waals surface area contributed by atoms with Crippen molar-refractivity contribution in [1.82, 2.24) is 0 Å². The second kappa shape index (κ2) is 11.1. The molecule has 2 heterocycles. The van der Waals surface area contributed by atoms with Gasteiger partial charge in [0.15, 0.2) is 35.6 Å². The van der Waals surface area contributed by atoms with Crippen molar-refractivity contribution in [3.63, 3.8) is 0 Å². The van der Waals surface area contributed by atoms with E-state index >= 15 is 0 Å². The number of carbonyl (C=O) groups excluding carboxylic acids is 2. The second-order valence-corrected chi connectivity index (χ2v) is 9.77. The lowest BCUT2D eigenvalue weighted by molar-refractivity contribution is -0.322. The Hall–Kier alpha value is -3.02. The first-order valence-electron chi connectivity index (χ1n) is 12.4. The smallest absolute Gasteiger partial charge is 0.198 e. The van der Waals surface area contributed by atoms with Crippen molar-refractivity contribution in [2.45, 2.75) is 61.9 Å². The zero-order chi connectivity index (χ0) is 28.9. The molecule has 0 aromatic heterocycles. The monoisotopic (exact) mass is 564 g/mol. The van der Waals surface area contributed by atoms with Crippen molar-refractivity contribution in [1.29, 1.82) is 0 Å². The maximum Gasteiger partial charge on any atom is 0.198 e. The number of rotatable bonds is 6. The van der Waals surface area contributed by atoms with Crippen molar-refractivity contribution in [3.05, 3.63) is 58.1 Å². The average Bonchev–Trinajstić information content (AvgIpc) is 2.95. The molecule has 2 aliphatic heterocycles. The molecule has 216 valence electrons. The molecule has 8 N–H and O–H groups in total. The summed E-state index contributed by atoms with van der Waals surface area (Å²) in [6, 6.07) is 7.20. The van der Waals surface area contributed by atoms with E-state index in [4.69, 9.17) is 18.9 Å². The molecule has 2 aromatic rings. The lowest BCUT2D eigenvalue weighted by Crippen LogP contribution is -2.60. The van der Waals surface area contributed by atoms with E-state index in [1.807, 2.05) is 0 Å². The van der Waals surface area contributed by atoms with Crippen molar-refractivity contribution < 1.29 is 69.4 Å². The summed E-state index contributed by atoms with van der Waals surface area (Å²) in [5.74, 6) is -2.77. The SMILES string of the molecule is O=C1c2ccccc2C(=O)c2c1cc(CO[C@@H]1O[C@H](CO[C@@H]3OC[C@@H](O)[C@H](O)[C@H]3O)[C@@H](O)[C@H](O)[C@H]1O)c(O)c2O. The predicted octanol–water partition coefficient (Wildman–Crippen LogP) is -2.35. The topological polar surface area (TPSA) is 233 Å². The van der Waals surface area contributed by atoms with Crippen LogP contribution in [0.5, 0.6) is 11.5 Å². The number of ketones is 2. The Bertz CT molecular complexity index is 1300. The van der Waals surface area contributed by atoms with Crippen molar-refractivity contribution in [2.24, 2.45) is 0 Å². The molecule has 3 aliphatic rings. The summed E-state index contributed by atoms with van der Waals surface area (Å²) in [6.45, 7) is -1.40. The Morgan fingerprint density at radius 3 is 2.10 bits per heavy atom. The molecule has 2 fully saturated rings. The number of benzene rings is 2. The van der Waals surface area contributed by atoms with E-state index < -0.39 is 91.6 Å². The highest BCUT2D eigenvalue weighted by molar-refractivity contribution is 6.29. The van der Waals surface area contributed by atoms with Crippen LogP contribution in [0.1, 0.15) is 37.4 Å². The van der Waals surface area contributed by atoms with Crippen LogP contribution in [0.4, 0.5) is 0 Å². The summed E-state index contributed by atoms with van der Waals surface area (Å²) >= 11 is 0. The Labute approximate surface area is 226 Å². The molecule has 1 aliphatic carbocycles. The standard InChI is InChI=1S/C26H28O14/c27-13-7-38-25(23(35)19(13)31)39-8-14-20(32)22(34)24(36)26(40-14)37-6-9-5-12-15(21(33)16(9)28)18(30)11-4-2-1-3-10(11)17(12)29/h1-5,13-14,19-20,22-28,31-36H,6-8H2/t13-,14-,19+,20-,22+,23-,24-,25+,26-/m1/s1. The fraction of sp³-hybridized carbons (Fsp3) is 0.462. The number of phenols is 2. The van der Waals surface area contributed by atoms with E-state index in [0.29, 0.717) is 0 Å². The van der Waals surface area contributed by atoms with Gasteiger partial charge in [-0.15, -0.1) is 0 Å². The molecule has 5 rings (SSSR count). The molecule has 0 spiro atoms. The summed E-state index contributed by atoms with van der Waals surface area (Å²) < 4.78 is 21.5. The highest BCUT2D eigenvalue weighted by Gasteiger charge is 2.46. The zero-order valence-electron chi connectivity index (χ0n) is 20.7. The van der Waals surface area contributed by atoms with Crippen LogP contribution in [0.25, 0.3) is 0 Å². The van der Waals surface area contributed by atoms with Gasteiger partial charge in [-0.25, -0.2) is 0 Å². The molecule has 14 nitrogen and oxygen atoms in total. The van der Waals surface area contributed by atoms with E-state index in [-0.39, 0.29) is 34.4 Å². The minimum atomic E-state index is -1.78. The summed E-state index contributed by atoms with van der Waals surface area (Å²) in [6.07, 6.45) is -14.0. The van der Waals surface area contributed by atoms with Crippen LogP contribution in [0.3, 0.4) is 0 Å². The number of hydrogen-bond acceptors (Lipinski definition) is 14. The quantitative estimate of drug-likeness (QED) is 0.147. The zero-order valence-corrected chi connectivity index (χ0v) is 20.7. The predicted molar refractivity (Wildman–Crippen MR) is 128 cm³/mol. The van der Waals surface area contributed by atoms with E-state index in [0.717, 1.165) is 0 Å². The minimum absolute atomic E-state index is 0.0788. The van der Waals surface area contributed by atoms with Gasteiger partial charge >= 0.3 is 0 Å². The molecule has 0 radical (unpaired) electrons. The molecule has 9 atom stereocenters. The normalized spacial score (nSPS) is 33.9. The largest absolute Gasteiger partial charge is 0.504 e. The third-order valence-corrected chi connectivity index (χ3v) is 7.19. The summed E-state index contributed by atoms with van der Waals surface area (Å²) in [4.78, 5) is 25.9. The van der Waals surface area contributed by atoms with Gasteiger partial charge in [-0.05, 0) is 6.07 Å². The lowest BCUT2D eigenvalue weighted by atomic mass is 9.82. The highest BCUT2D eigenvalue weighted by atomic mass is 16.7. The number of hydrogen-bond donors (Lipinski definition) is 8. The van der Waals surface area contributed by atoms with Crippen LogP contribution in [0, 0.1) is 0 Å². The molecule has 0 saturated carbocycles. The minimum Gasteiger partial charge on any atom is -0.504 e. The van der Waals surface area contributed by atoms with E-state index in [1.165, 1.54) is 18.2 Å². The van der Waals surface area contributed by atoms with Gasteiger partial charge in [0.1, 0.15) is 42.7 Å². The Morgan fingerprint density at radius 1 is 0.750 bits per heavy atom. The number of aliphatic hydroxyl groups excluding tert-OH is 6. The summed E-state index contributed by atoms with van der Waals surface area (Å²) in [5.41, 5.74) is -0.457. The van der Waals surface area contributed by atoms with Gasteiger partial charge in [-0.3, -0.25) is 9.59 Å². The average molecular weight is 564 g/mol. The Kier molecular flexibility index (Phi) is 7.91. The fourth-order valence-electron chi connectivity index (χ4n) is 4.87. The lowest BCUT2D eigenvalue weighted by Gasteiger charge is -2.41. The van der Waals surface area contributed by atoms with Gasteiger partial charge in [-0.1, -0.05) is 24.3 Å². The van der Waals surface area contributed by atoms with Crippen molar-refractivity contribution in [2.75, 3.05) is 13.2 Å². The van der Waals surface area contributed by atoms with Gasteiger partial charge in [0.05, 0.1) is 25.4 Å². The van der Waals surface area contributed by atoms with Crippen molar-refractivity contribution >= 4 is 11.6 Å².